The quantitative estimate of drug-likeness (QED) is 0.549. The molecule has 1 saturated heterocycles. The number of carbonyl (C=O) groups excluding carboxylic acids is 1. The van der Waals surface area contributed by atoms with Crippen molar-refractivity contribution >= 4 is 26.0 Å². The second-order valence-electron chi connectivity index (χ2n) is 7.66. The lowest BCUT2D eigenvalue weighted by molar-refractivity contribution is 0.0950. The fourth-order valence-electron chi connectivity index (χ4n) is 3.61. The zero-order valence-corrected chi connectivity index (χ0v) is 20.3. The largest absolute Gasteiger partial charge is 0.495 e. The molecule has 2 N–H and O–H groups in total. The van der Waals surface area contributed by atoms with Crippen LogP contribution in [0, 0.1) is 0 Å². The van der Waals surface area contributed by atoms with E-state index in [9.17, 15) is 21.6 Å². The summed E-state index contributed by atoms with van der Waals surface area (Å²) in [5.41, 5.74) is 0.881. The Hall–Kier alpha value is -2.47. The van der Waals surface area contributed by atoms with Crippen LogP contribution in [0.2, 0.25) is 0 Å². The molecule has 11 heteroatoms. The van der Waals surface area contributed by atoms with E-state index in [-0.39, 0.29) is 34.2 Å². The summed E-state index contributed by atoms with van der Waals surface area (Å²) in [6, 6.07) is 10.6. The first-order valence-corrected chi connectivity index (χ1v) is 13.7. The van der Waals surface area contributed by atoms with Crippen LogP contribution >= 0.6 is 0 Å². The van der Waals surface area contributed by atoms with Crippen molar-refractivity contribution in [3.8, 4) is 5.75 Å². The number of carbonyl (C=O) groups is 1. The minimum Gasteiger partial charge on any atom is -0.495 e. The Kier molecular flexibility index (Phi) is 8.11. The number of rotatable bonds is 9. The van der Waals surface area contributed by atoms with Crippen LogP contribution in [0.3, 0.4) is 0 Å². The molecule has 2 aromatic rings. The smallest absolute Gasteiger partial charge is 0.251 e. The second-order valence-corrected chi connectivity index (χ2v) is 11.3. The number of benzene rings is 2. The Morgan fingerprint density at radius 2 is 1.67 bits per heavy atom. The molecule has 1 amide bonds. The van der Waals surface area contributed by atoms with Gasteiger partial charge in [0.15, 0.2) is 0 Å². The summed E-state index contributed by atoms with van der Waals surface area (Å²) >= 11 is 0. The van der Waals surface area contributed by atoms with Gasteiger partial charge in [-0.3, -0.25) is 4.79 Å². The van der Waals surface area contributed by atoms with Gasteiger partial charge in [0, 0.05) is 31.7 Å². The molecule has 1 fully saturated rings. The number of methoxy groups -OCH3 is 1. The Bertz CT molecular complexity index is 1190. The molecule has 1 aliphatic rings. The molecule has 1 aliphatic heterocycles. The predicted molar refractivity (Wildman–Crippen MR) is 124 cm³/mol. The summed E-state index contributed by atoms with van der Waals surface area (Å²) in [5.74, 6) is -0.325. The third-order valence-corrected chi connectivity index (χ3v) is 8.86. The molecule has 0 aliphatic carbocycles. The van der Waals surface area contributed by atoms with Gasteiger partial charge < -0.3 is 10.1 Å². The summed E-state index contributed by atoms with van der Waals surface area (Å²) in [4.78, 5) is 12.7. The molecule has 0 bridgehead atoms. The van der Waals surface area contributed by atoms with E-state index >= 15 is 0 Å². The Balaban J connectivity index is 1.70. The Morgan fingerprint density at radius 1 is 1.00 bits per heavy atom. The van der Waals surface area contributed by atoms with E-state index in [4.69, 9.17) is 4.74 Å². The molecular formula is C22H29N3O6S2. The highest BCUT2D eigenvalue weighted by molar-refractivity contribution is 7.89. The third kappa shape index (κ3) is 5.91. The molecule has 0 atom stereocenters. The molecule has 2 aromatic carbocycles. The Morgan fingerprint density at radius 3 is 2.27 bits per heavy atom. The van der Waals surface area contributed by atoms with Crippen molar-refractivity contribution in [3.63, 3.8) is 0 Å². The molecule has 3 rings (SSSR count). The minimum absolute atomic E-state index is 0.119. The molecule has 9 nitrogen and oxygen atoms in total. The number of piperidine rings is 1. The van der Waals surface area contributed by atoms with Gasteiger partial charge in [0.2, 0.25) is 20.0 Å². The molecule has 0 aromatic heterocycles. The summed E-state index contributed by atoms with van der Waals surface area (Å²) in [5, 5.41) is 2.73. The predicted octanol–water partition coefficient (Wildman–Crippen LogP) is 2.10. The highest BCUT2D eigenvalue weighted by Crippen LogP contribution is 2.25. The van der Waals surface area contributed by atoms with Crippen LogP contribution in [-0.4, -0.2) is 53.8 Å². The first-order valence-electron chi connectivity index (χ1n) is 10.7. The van der Waals surface area contributed by atoms with Gasteiger partial charge in [-0.1, -0.05) is 25.5 Å². The highest BCUT2D eigenvalue weighted by atomic mass is 32.2. The zero-order chi connectivity index (χ0) is 24.1. The zero-order valence-electron chi connectivity index (χ0n) is 18.7. The fraction of sp³-hybridized carbons (Fsp3) is 0.409. The van der Waals surface area contributed by atoms with E-state index in [1.807, 2.05) is 0 Å². The maximum atomic E-state index is 12.8. The van der Waals surface area contributed by atoms with Crippen molar-refractivity contribution in [1.82, 2.24) is 14.3 Å². The van der Waals surface area contributed by atoms with E-state index in [0.29, 0.717) is 13.1 Å². The van der Waals surface area contributed by atoms with Crippen molar-refractivity contribution < 1.29 is 26.4 Å². The summed E-state index contributed by atoms with van der Waals surface area (Å²) in [6.45, 7) is 3.08. The van der Waals surface area contributed by atoms with Gasteiger partial charge in [-0.15, -0.1) is 0 Å². The molecular weight excluding hydrogens is 466 g/mol. The van der Waals surface area contributed by atoms with Crippen molar-refractivity contribution in [2.45, 2.75) is 42.5 Å². The lowest BCUT2D eigenvalue weighted by Crippen LogP contribution is -2.35. The van der Waals surface area contributed by atoms with Crippen molar-refractivity contribution in [2.24, 2.45) is 0 Å². The standard InChI is InChI=1S/C22H29N3O6S2/c1-3-24-32(27,28)21-15-18(9-12-20(21)31-2)22(26)23-16-17-7-10-19(11-8-17)33(29,30)25-13-5-4-6-14-25/h7-12,15,24H,3-6,13-14,16H2,1-2H3,(H,23,26). The average molecular weight is 496 g/mol. The van der Waals surface area contributed by atoms with Crippen LogP contribution in [0.5, 0.6) is 5.75 Å². The van der Waals surface area contributed by atoms with Crippen molar-refractivity contribution in [2.75, 3.05) is 26.7 Å². The van der Waals surface area contributed by atoms with Crippen molar-refractivity contribution in [1.29, 1.82) is 0 Å². The van der Waals surface area contributed by atoms with Crippen LogP contribution in [0.25, 0.3) is 0 Å². The summed E-state index contributed by atoms with van der Waals surface area (Å²) in [6.07, 6.45) is 2.78. The first-order chi connectivity index (χ1) is 15.7. The van der Waals surface area contributed by atoms with Gasteiger partial charge in [0.25, 0.3) is 5.91 Å². The maximum Gasteiger partial charge on any atom is 0.251 e. The minimum atomic E-state index is -3.82. The molecule has 1 heterocycles. The van der Waals surface area contributed by atoms with Gasteiger partial charge in [0.1, 0.15) is 10.6 Å². The molecule has 0 unspecified atom stereocenters. The SMILES string of the molecule is CCNS(=O)(=O)c1cc(C(=O)NCc2ccc(S(=O)(=O)N3CCCCC3)cc2)ccc1OC. The second kappa shape index (κ2) is 10.6. The molecule has 180 valence electrons. The fourth-order valence-corrected chi connectivity index (χ4v) is 6.36. The highest BCUT2D eigenvalue weighted by Gasteiger charge is 2.26. The topological polar surface area (TPSA) is 122 Å². The van der Waals surface area contributed by atoms with E-state index in [1.54, 1.807) is 31.2 Å². The summed E-state index contributed by atoms with van der Waals surface area (Å²) in [7, 11) is -5.98. The van der Waals surface area contributed by atoms with Crippen LogP contribution in [0.4, 0.5) is 0 Å². The number of nitrogens with one attached hydrogen (secondary N) is 2. The van der Waals surface area contributed by atoms with Crippen LogP contribution in [0.1, 0.15) is 42.1 Å². The number of hydrogen-bond donors (Lipinski definition) is 2. The van der Waals surface area contributed by atoms with Crippen LogP contribution in [-0.2, 0) is 26.6 Å². The number of nitrogens with zero attached hydrogens (tertiary/aromatic N) is 1. The van der Waals surface area contributed by atoms with E-state index in [1.165, 1.54) is 29.6 Å². The maximum absolute atomic E-state index is 12.8. The molecule has 33 heavy (non-hydrogen) atoms. The number of ether oxygens (including phenoxy) is 1. The van der Waals surface area contributed by atoms with Gasteiger partial charge in [-0.2, -0.15) is 4.31 Å². The first kappa shape index (κ1) is 25.2. The van der Waals surface area contributed by atoms with Gasteiger partial charge in [-0.05, 0) is 48.7 Å². The number of sulfonamides is 2. The lowest BCUT2D eigenvalue weighted by atomic mass is 10.2. The number of amides is 1. The monoisotopic (exact) mass is 495 g/mol. The van der Waals surface area contributed by atoms with Gasteiger partial charge in [-0.25, -0.2) is 21.6 Å². The normalized spacial score (nSPS) is 15.2. The molecule has 0 radical (unpaired) electrons. The third-order valence-electron chi connectivity index (χ3n) is 5.38. The summed E-state index contributed by atoms with van der Waals surface area (Å²) < 4.78 is 59.4. The van der Waals surface area contributed by atoms with E-state index in [2.05, 4.69) is 10.0 Å². The van der Waals surface area contributed by atoms with E-state index in [0.717, 1.165) is 24.8 Å². The molecule has 0 spiro atoms. The van der Waals surface area contributed by atoms with Gasteiger partial charge >= 0.3 is 0 Å². The lowest BCUT2D eigenvalue weighted by Gasteiger charge is -2.25. The molecule has 0 saturated carbocycles. The van der Waals surface area contributed by atoms with Crippen LogP contribution < -0.4 is 14.8 Å². The van der Waals surface area contributed by atoms with Crippen molar-refractivity contribution in [3.05, 3.63) is 53.6 Å². The Labute approximate surface area is 195 Å². The number of hydrogen-bond acceptors (Lipinski definition) is 6. The average Bonchev–Trinajstić information content (AvgIpc) is 2.83. The van der Waals surface area contributed by atoms with Crippen LogP contribution in [0.15, 0.2) is 52.3 Å². The van der Waals surface area contributed by atoms with Gasteiger partial charge in [0.05, 0.1) is 12.0 Å². The van der Waals surface area contributed by atoms with E-state index < -0.39 is 26.0 Å².